The van der Waals surface area contributed by atoms with Gasteiger partial charge in [0, 0.05) is 11.6 Å². The van der Waals surface area contributed by atoms with Crippen molar-refractivity contribution in [3.05, 3.63) is 41.6 Å². The summed E-state index contributed by atoms with van der Waals surface area (Å²) >= 11 is 0. The third-order valence-electron chi connectivity index (χ3n) is 2.54. The molecule has 1 heterocycles. The van der Waals surface area contributed by atoms with E-state index in [1.54, 1.807) is 12.1 Å². The van der Waals surface area contributed by atoms with E-state index >= 15 is 0 Å². The molecule has 0 unspecified atom stereocenters. The van der Waals surface area contributed by atoms with Gasteiger partial charge in [-0.05, 0) is 18.2 Å². The third-order valence-corrected chi connectivity index (χ3v) is 2.54. The highest BCUT2D eigenvalue weighted by molar-refractivity contribution is 5.87. The lowest BCUT2D eigenvalue weighted by Crippen LogP contribution is -2.04. The van der Waals surface area contributed by atoms with Crippen molar-refractivity contribution in [2.45, 2.75) is 0 Å². The average Bonchev–Trinajstić information content (AvgIpc) is 2.90. The summed E-state index contributed by atoms with van der Waals surface area (Å²) in [6.07, 6.45) is 5.36. The van der Waals surface area contributed by atoms with E-state index < -0.39 is 5.97 Å². The molecule has 0 radical (unpaired) electrons. The number of ether oxygens (including phenoxy) is 2. The van der Waals surface area contributed by atoms with E-state index in [1.807, 2.05) is 12.1 Å². The second-order valence-electron chi connectivity index (χ2n) is 3.67. The molecule has 0 fully saturated rings. The van der Waals surface area contributed by atoms with Crippen LogP contribution in [-0.2, 0) is 4.74 Å². The zero-order valence-electron chi connectivity index (χ0n) is 10.6. The van der Waals surface area contributed by atoms with Gasteiger partial charge in [-0.15, -0.1) is 6.42 Å². The largest absolute Gasteiger partial charge is 0.481 e. The SMILES string of the molecule is C#Cc1cccc(-n2nc(C(=O)OC)cc2OC)c1. The van der Waals surface area contributed by atoms with Gasteiger partial charge >= 0.3 is 5.97 Å². The van der Waals surface area contributed by atoms with E-state index in [2.05, 4.69) is 15.8 Å². The van der Waals surface area contributed by atoms with Gasteiger partial charge in [0.15, 0.2) is 5.69 Å². The molecule has 0 aliphatic rings. The molecule has 0 aliphatic carbocycles. The summed E-state index contributed by atoms with van der Waals surface area (Å²) in [5.41, 5.74) is 1.60. The number of carbonyl (C=O) groups excluding carboxylic acids is 1. The second kappa shape index (κ2) is 5.27. The van der Waals surface area contributed by atoms with Gasteiger partial charge in [-0.25, -0.2) is 9.48 Å². The molecular formula is C14H12N2O3. The van der Waals surface area contributed by atoms with Gasteiger partial charge < -0.3 is 9.47 Å². The summed E-state index contributed by atoms with van der Waals surface area (Å²) in [7, 11) is 2.80. The van der Waals surface area contributed by atoms with Gasteiger partial charge in [0.05, 0.1) is 19.9 Å². The van der Waals surface area contributed by atoms with Crippen molar-refractivity contribution in [3.63, 3.8) is 0 Å². The molecule has 19 heavy (non-hydrogen) atoms. The lowest BCUT2D eigenvalue weighted by molar-refractivity contribution is 0.0593. The molecule has 0 spiro atoms. The molecule has 0 saturated heterocycles. The Morgan fingerprint density at radius 2 is 2.16 bits per heavy atom. The number of methoxy groups -OCH3 is 2. The van der Waals surface area contributed by atoms with Crippen LogP contribution in [0.4, 0.5) is 0 Å². The first kappa shape index (κ1) is 12.7. The van der Waals surface area contributed by atoms with E-state index in [1.165, 1.54) is 25.0 Å². The molecule has 0 atom stereocenters. The number of hydrogen-bond acceptors (Lipinski definition) is 4. The van der Waals surface area contributed by atoms with Gasteiger partial charge in [-0.3, -0.25) is 0 Å². The van der Waals surface area contributed by atoms with Crippen LogP contribution in [0, 0.1) is 12.3 Å². The minimum atomic E-state index is -0.523. The fourth-order valence-corrected chi connectivity index (χ4v) is 1.63. The van der Waals surface area contributed by atoms with Gasteiger partial charge in [-0.1, -0.05) is 12.0 Å². The number of aromatic nitrogens is 2. The number of esters is 1. The first-order valence-electron chi connectivity index (χ1n) is 5.49. The van der Waals surface area contributed by atoms with E-state index in [9.17, 15) is 4.79 Å². The number of terminal acetylenes is 1. The normalized spacial score (nSPS) is 9.74. The van der Waals surface area contributed by atoms with Crippen molar-refractivity contribution in [3.8, 4) is 23.9 Å². The monoisotopic (exact) mass is 256 g/mol. The smallest absolute Gasteiger partial charge is 0.358 e. The minimum Gasteiger partial charge on any atom is -0.481 e. The maximum absolute atomic E-state index is 11.5. The van der Waals surface area contributed by atoms with E-state index in [0.717, 1.165) is 5.56 Å². The van der Waals surface area contributed by atoms with Crippen molar-refractivity contribution >= 4 is 5.97 Å². The lowest BCUT2D eigenvalue weighted by Gasteiger charge is -2.05. The van der Waals surface area contributed by atoms with Crippen molar-refractivity contribution in [1.82, 2.24) is 9.78 Å². The Bertz CT molecular complexity index is 653. The standard InChI is InChI=1S/C14H12N2O3/c1-4-10-6-5-7-11(8-10)16-13(18-2)9-12(15-16)14(17)19-3/h1,5-9H,2-3H3. The zero-order chi connectivity index (χ0) is 13.8. The highest BCUT2D eigenvalue weighted by atomic mass is 16.5. The van der Waals surface area contributed by atoms with E-state index in [4.69, 9.17) is 11.2 Å². The van der Waals surface area contributed by atoms with Crippen LogP contribution in [0.5, 0.6) is 5.88 Å². The van der Waals surface area contributed by atoms with Gasteiger partial charge in [-0.2, -0.15) is 5.10 Å². The van der Waals surface area contributed by atoms with Crippen LogP contribution in [0.1, 0.15) is 16.1 Å². The van der Waals surface area contributed by atoms with Crippen LogP contribution in [0.15, 0.2) is 30.3 Å². The first-order chi connectivity index (χ1) is 9.19. The molecule has 1 aromatic carbocycles. The molecule has 96 valence electrons. The molecule has 5 heteroatoms. The van der Waals surface area contributed by atoms with Gasteiger partial charge in [0.1, 0.15) is 0 Å². The molecule has 5 nitrogen and oxygen atoms in total. The molecule has 0 N–H and O–H groups in total. The Kier molecular flexibility index (Phi) is 3.53. The Morgan fingerprint density at radius 3 is 2.79 bits per heavy atom. The van der Waals surface area contributed by atoms with Crippen LogP contribution in [0.2, 0.25) is 0 Å². The fourth-order valence-electron chi connectivity index (χ4n) is 1.63. The molecular weight excluding hydrogens is 244 g/mol. The second-order valence-corrected chi connectivity index (χ2v) is 3.67. The Hall–Kier alpha value is -2.74. The highest BCUT2D eigenvalue weighted by Crippen LogP contribution is 2.20. The zero-order valence-corrected chi connectivity index (χ0v) is 10.6. The van der Waals surface area contributed by atoms with Crippen molar-refractivity contribution in [2.24, 2.45) is 0 Å². The number of hydrogen-bond donors (Lipinski definition) is 0. The van der Waals surface area contributed by atoms with Gasteiger partial charge in [0.25, 0.3) is 0 Å². The van der Waals surface area contributed by atoms with Crippen LogP contribution < -0.4 is 4.74 Å². The number of nitrogens with zero attached hydrogens (tertiary/aromatic N) is 2. The number of rotatable bonds is 3. The van der Waals surface area contributed by atoms with Crippen molar-refractivity contribution in [2.75, 3.05) is 14.2 Å². The number of benzene rings is 1. The summed E-state index contributed by atoms with van der Waals surface area (Å²) in [5.74, 6) is 2.44. The van der Waals surface area contributed by atoms with Crippen LogP contribution >= 0.6 is 0 Å². The molecule has 0 bridgehead atoms. The summed E-state index contributed by atoms with van der Waals surface area (Å²) in [6.45, 7) is 0. The number of carbonyl (C=O) groups is 1. The average molecular weight is 256 g/mol. The van der Waals surface area contributed by atoms with Crippen molar-refractivity contribution < 1.29 is 14.3 Å². The summed E-state index contributed by atoms with van der Waals surface area (Å²) in [6, 6.07) is 8.71. The molecule has 0 amide bonds. The maximum Gasteiger partial charge on any atom is 0.358 e. The lowest BCUT2D eigenvalue weighted by atomic mass is 10.2. The third kappa shape index (κ3) is 2.43. The van der Waals surface area contributed by atoms with E-state index in [0.29, 0.717) is 11.6 Å². The van der Waals surface area contributed by atoms with Crippen LogP contribution in [0.3, 0.4) is 0 Å². The molecule has 0 aliphatic heterocycles. The van der Waals surface area contributed by atoms with Crippen LogP contribution in [0.25, 0.3) is 5.69 Å². The van der Waals surface area contributed by atoms with E-state index in [-0.39, 0.29) is 5.69 Å². The highest BCUT2D eigenvalue weighted by Gasteiger charge is 2.16. The Balaban J connectivity index is 2.51. The molecule has 2 aromatic rings. The predicted octanol–water partition coefficient (Wildman–Crippen LogP) is 1.65. The Morgan fingerprint density at radius 1 is 1.37 bits per heavy atom. The topological polar surface area (TPSA) is 53.4 Å². The minimum absolute atomic E-state index is 0.172. The van der Waals surface area contributed by atoms with Crippen LogP contribution in [-0.4, -0.2) is 30.0 Å². The van der Waals surface area contributed by atoms with Crippen molar-refractivity contribution in [1.29, 1.82) is 0 Å². The fraction of sp³-hybridized carbons (Fsp3) is 0.143. The molecule has 0 saturated carbocycles. The maximum atomic E-state index is 11.5. The van der Waals surface area contributed by atoms with Gasteiger partial charge in [0.2, 0.25) is 5.88 Å². The first-order valence-corrected chi connectivity index (χ1v) is 5.49. The summed E-state index contributed by atoms with van der Waals surface area (Å²) in [4.78, 5) is 11.5. The predicted molar refractivity (Wildman–Crippen MR) is 69.4 cm³/mol. The summed E-state index contributed by atoms with van der Waals surface area (Å²) in [5, 5.41) is 4.15. The Labute approximate surface area is 110 Å². The molecule has 1 aromatic heterocycles. The summed E-state index contributed by atoms with van der Waals surface area (Å²) < 4.78 is 11.3. The molecule has 2 rings (SSSR count). The quantitative estimate of drug-likeness (QED) is 0.619.